The van der Waals surface area contributed by atoms with Crippen LogP contribution in [-0.4, -0.2) is 16.1 Å². The molecule has 138 valence electrons. The van der Waals surface area contributed by atoms with E-state index in [4.69, 9.17) is 33.3 Å². The SMILES string of the molecule is O=C(Cc1ccc(Cl)cc1)NC(=S)Nc1ccc(-c2ccc(CO)o2)cc1. The van der Waals surface area contributed by atoms with Crippen LogP contribution in [0.1, 0.15) is 11.3 Å². The first-order chi connectivity index (χ1) is 13.0. The summed E-state index contributed by atoms with van der Waals surface area (Å²) in [5, 5.41) is 15.5. The summed E-state index contributed by atoms with van der Waals surface area (Å²) in [5.74, 6) is 0.972. The van der Waals surface area contributed by atoms with Crippen molar-refractivity contribution in [2.24, 2.45) is 0 Å². The first-order valence-corrected chi connectivity index (χ1v) is 8.97. The molecule has 1 heterocycles. The van der Waals surface area contributed by atoms with Crippen molar-refractivity contribution >= 4 is 40.5 Å². The van der Waals surface area contributed by atoms with E-state index in [9.17, 15) is 4.79 Å². The van der Waals surface area contributed by atoms with Gasteiger partial charge in [-0.3, -0.25) is 4.79 Å². The Morgan fingerprint density at radius 3 is 2.37 bits per heavy atom. The molecule has 0 spiro atoms. The van der Waals surface area contributed by atoms with Crippen LogP contribution in [-0.2, 0) is 17.8 Å². The number of halogens is 1. The predicted molar refractivity (Wildman–Crippen MR) is 110 cm³/mol. The fourth-order valence-electron chi connectivity index (χ4n) is 2.46. The smallest absolute Gasteiger partial charge is 0.230 e. The highest BCUT2D eigenvalue weighted by Crippen LogP contribution is 2.23. The number of aliphatic hydroxyl groups is 1. The highest BCUT2D eigenvalue weighted by atomic mass is 35.5. The zero-order chi connectivity index (χ0) is 19.2. The number of nitrogens with one attached hydrogen (secondary N) is 2. The molecule has 0 saturated heterocycles. The molecular formula is C20H17ClN2O3S. The Morgan fingerprint density at radius 1 is 1.04 bits per heavy atom. The molecule has 0 bridgehead atoms. The number of hydrogen-bond donors (Lipinski definition) is 3. The molecule has 7 heteroatoms. The molecule has 0 radical (unpaired) electrons. The molecule has 0 aliphatic rings. The monoisotopic (exact) mass is 400 g/mol. The van der Waals surface area contributed by atoms with Gasteiger partial charge in [-0.15, -0.1) is 0 Å². The number of carbonyl (C=O) groups excluding carboxylic acids is 1. The standard InChI is InChI=1S/C20H17ClN2O3S/c21-15-5-1-13(2-6-15)11-19(25)23-20(27)22-16-7-3-14(4-8-16)18-10-9-17(12-24)26-18/h1-10,24H,11-12H2,(H2,22,23,25,27). The van der Waals surface area contributed by atoms with Gasteiger partial charge in [0.25, 0.3) is 0 Å². The number of anilines is 1. The number of thiocarbonyl (C=S) groups is 1. The van der Waals surface area contributed by atoms with Gasteiger partial charge in [0.2, 0.25) is 5.91 Å². The van der Waals surface area contributed by atoms with Gasteiger partial charge >= 0.3 is 0 Å². The molecule has 27 heavy (non-hydrogen) atoms. The van der Waals surface area contributed by atoms with Crippen LogP contribution >= 0.6 is 23.8 Å². The van der Waals surface area contributed by atoms with Crippen LogP contribution in [0.5, 0.6) is 0 Å². The van der Waals surface area contributed by atoms with Gasteiger partial charge < -0.3 is 20.2 Å². The summed E-state index contributed by atoms with van der Waals surface area (Å²) in [7, 11) is 0. The normalized spacial score (nSPS) is 10.4. The van der Waals surface area contributed by atoms with Gasteiger partial charge in [0.05, 0.1) is 6.42 Å². The molecule has 0 fully saturated rings. The molecule has 1 aromatic heterocycles. The van der Waals surface area contributed by atoms with Crippen molar-refractivity contribution in [2.75, 3.05) is 5.32 Å². The Hall–Kier alpha value is -2.67. The highest BCUT2D eigenvalue weighted by molar-refractivity contribution is 7.80. The Labute approximate surface area is 167 Å². The molecular weight excluding hydrogens is 384 g/mol. The van der Waals surface area contributed by atoms with E-state index in [-0.39, 0.29) is 24.0 Å². The topological polar surface area (TPSA) is 74.5 Å². The number of benzene rings is 2. The first-order valence-electron chi connectivity index (χ1n) is 8.19. The van der Waals surface area contributed by atoms with Crippen LogP contribution in [0.3, 0.4) is 0 Å². The van der Waals surface area contributed by atoms with E-state index >= 15 is 0 Å². The highest BCUT2D eigenvalue weighted by Gasteiger charge is 2.08. The van der Waals surface area contributed by atoms with Crippen LogP contribution in [0, 0.1) is 0 Å². The van der Waals surface area contributed by atoms with Crippen LogP contribution in [0.4, 0.5) is 5.69 Å². The third kappa shape index (κ3) is 5.40. The summed E-state index contributed by atoms with van der Waals surface area (Å²) in [5.41, 5.74) is 2.46. The zero-order valence-corrected chi connectivity index (χ0v) is 15.8. The quantitative estimate of drug-likeness (QED) is 0.561. The van der Waals surface area contributed by atoms with Crippen molar-refractivity contribution in [2.45, 2.75) is 13.0 Å². The molecule has 3 N–H and O–H groups in total. The van der Waals surface area contributed by atoms with Gasteiger partial charge in [-0.1, -0.05) is 23.7 Å². The molecule has 2 aromatic carbocycles. The first kappa shape index (κ1) is 19.1. The third-order valence-corrected chi connectivity index (χ3v) is 4.23. The van der Waals surface area contributed by atoms with E-state index in [1.54, 1.807) is 36.4 Å². The maximum absolute atomic E-state index is 12.1. The summed E-state index contributed by atoms with van der Waals surface area (Å²) in [6.07, 6.45) is 0.212. The predicted octanol–water partition coefficient (Wildman–Crippen LogP) is 4.15. The average Bonchev–Trinajstić information content (AvgIpc) is 3.13. The minimum absolute atomic E-state index is 0.135. The molecule has 1 amide bonds. The molecule has 3 aromatic rings. The number of rotatable bonds is 5. The number of carbonyl (C=O) groups is 1. The van der Waals surface area contributed by atoms with E-state index in [0.717, 1.165) is 16.8 Å². The zero-order valence-electron chi connectivity index (χ0n) is 14.2. The lowest BCUT2D eigenvalue weighted by atomic mass is 10.1. The summed E-state index contributed by atoms with van der Waals surface area (Å²) in [6.45, 7) is -0.135. The van der Waals surface area contributed by atoms with E-state index in [0.29, 0.717) is 16.5 Å². The van der Waals surface area contributed by atoms with Crippen LogP contribution in [0.25, 0.3) is 11.3 Å². The lowest BCUT2D eigenvalue weighted by Crippen LogP contribution is -2.35. The van der Waals surface area contributed by atoms with Gasteiger partial charge in [-0.05, 0) is 66.3 Å². The summed E-state index contributed by atoms with van der Waals surface area (Å²) in [6, 6.07) is 18.0. The third-order valence-electron chi connectivity index (χ3n) is 3.78. The van der Waals surface area contributed by atoms with Crippen molar-refractivity contribution in [3.05, 3.63) is 77.0 Å². The van der Waals surface area contributed by atoms with Crippen LogP contribution in [0.15, 0.2) is 65.1 Å². The Morgan fingerprint density at radius 2 is 1.74 bits per heavy atom. The Balaban J connectivity index is 1.54. The molecule has 0 atom stereocenters. The fourth-order valence-corrected chi connectivity index (χ4v) is 2.81. The van der Waals surface area contributed by atoms with Crippen molar-refractivity contribution < 1.29 is 14.3 Å². The van der Waals surface area contributed by atoms with Crippen molar-refractivity contribution in [3.63, 3.8) is 0 Å². The Kier molecular flexibility index (Phi) is 6.24. The minimum Gasteiger partial charge on any atom is -0.459 e. The summed E-state index contributed by atoms with van der Waals surface area (Å²) in [4.78, 5) is 12.1. The summed E-state index contributed by atoms with van der Waals surface area (Å²) < 4.78 is 5.49. The van der Waals surface area contributed by atoms with Gasteiger partial charge in [0.1, 0.15) is 18.1 Å². The molecule has 0 aliphatic heterocycles. The second kappa shape index (κ2) is 8.81. The summed E-state index contributed by atoms with van der Waals surface area (Å²) >= 11 is 11.0. The number of furan rings is 1. The number of aliphatic hydroxyl groups excluding tert-OH is 1. The molecule has 3 rings (SSSR count). The molecule has 0 unspecified atom stereocenters. The van der Waals surface area contributed by atoms with Crippen molar-refractivity contribution in [1.82, 2.24) is 5.32 Å². The van der Waals surface area contributed by atoms with Gasteiger partial charge in [-0.25, -0.2) is 0 Å². The number of hydrogen-bond acceptors (Lipinski definition) is 4. The fraction of sp³-hybridized carbons (Fsp3) is 0.100. The molecule has 5 nitrogen and oxygen atoms in total. The van der Waals surface area contributed by atoms with Crippen LogP contribution in [0.2, 0.25) is 5.02 Å². The van der Waals surface area contributed by atoms with Gasteiger partial charge in [-0.2, -0.15) is 0 Å². The van der Waals surface area contributed by atoms with Crippen molar-refractivity contribution in [3.8, 4) is 11.3 Å². The van der Waals surface area contributed by atoms with E-state index in [1.165, 1.54) is 0 Å². The largest absolute Gasteiger partial charge is 0.459 e. The molecule has 0 saturated carbocycles. The molecule has 0 aliphatic carbocycles. The van der Waals surface area contributed by atoms with E-state index < -0.39 is 0 Å². The lowest BCUT2D eigenvalue weighted by molar-refractivity contribution is -0.119. The second-order valence-electron chi connectivity index (χ2n) is 5.81. The van der Waals surface area contributed by atoms with Crippen molar-refractivity contribution in [1.29, 1.82) is 0 Å². The van der Waals surface area contributed by atoms with Crippen LogP contribution < -0.4 is 10.6 Å². The van der Waals surface area contributed by atoms with Gasteiger partial charge in [0.15, 0.2) is 5.11 Å². The van der Waals surface area contributed by atoms with Gasteiger partial charge in [0, 0.05) is 16.3 Å². The van der Waals surface area contributed by atoms with E-state index in [1.807, 2.05) is 24.3 Å². The maximum Gasteiger partial charge on any atom is 0.230 e. The number of amides is 1. The lowest BCUT2D eigenvalue weighted by Gasteiger charge is -2.10. The maximum atomic E-state index is 12.1. The minimum atomic E-state index is -0.210. The average molecular weight is 401 g/mol. The second-order valence-corrected chi connectivity index (χ2v) is 6.65. The van der Waals surface area contributed by atoms with E-state index in [2.05, 4.69) is 10.6 Å². The Bertz CT molecular complexity index is 937.